The molecule has 7 aliphatic heterocycles. The van der Waals surface area contributed by atoms with Gasteiger partial charge in [0.25, 0.3) is 0 Å². The summed E-state index contributed by atoms with van der Waals surface area (Å²) in [6, 6.07) is -11.7. The Balaban J connectivity index is 1.26. The van der Waals surface area contributed by atoms with E-state index in [4.69, 9.17) is 66.3 Å². The molecule has 7 heterocycles. The fraction of sp³-hybridized carbons (Fsp3) is 0.930. The normalized spacial score (nSPS) is 39.0. The minimum Gasteiger partial charge on any atom is -0.479 e. The first-order valence-electron chi connectivity index (χ1n) is 32.6. The molecule has 0 aromatic carbocycles. The molecule has 126 heavy (non-hydrogen) atoms. The Morgan fingerprint density at radius 3 is 0.683 bits per heavy atom. The van der Waals surface area contributed by atoms with Crippen LogP contribution < -0.4 is 18.9 Å². The number of hydrogen-bond acceptors (Lipinski definition) is 54. The highest BCUT2D eigenvalue weighted by atomic mass is 32.3. The van der Waals surface area contributed by atoms with Crippen molar-refractivity contribution in [2.24, 2.45) is 0 Å². The average molecular weight is 2090 g/mol. The molecule has 7 rings (SSSR count). The molecule has 72 nitrogen and oxygen atoms in total. The van der Waals surface area contributed by atoms with Gasteiger partial charge in [-0.15, -0.1) is 0 Å². The Labute approximate surface area is 704 Å². The Morgan fingerprint density at radius 1 is 0.262 bits per heavy atom. The predicted octanol–water partition coefficient (Wildman–Crippen LogP) is -19.0. The lowest BCUT2D eigenvalue weighted by molar-refractivity contribution is -0.377. The van der Waals surface area contributed by atoms with Crippen molar-refractivity contribution in [2.45, 2.75) is 215 Å². The Hall–Kier alpha value is -3.90. The van der Waals surface area contributed by atoms with E-state index < -0.39 is 373 Å². The molecular formula is C43H72N4O68S11. The molecule has 35 atom stereocenters. The van der Waals surface area contributed by atoms with Crippen molar-refractivity contribution in [3.8, 4) is 0 Å². The number of aliphatic carboxylic acids is 3. The number of hydrogen-bond donors (Lipinski definition) is 26. The van der Waals surface area contributed by atoms with Gasteiger partial charge in [-0.3, -0.25) is 50.1 Å². The fourth-order valence-electron chi connectivity index (χ4n) is 12.7. The van der Waals surface area contributed by atoms with Crippen LogP contribution in [0.25, 0.3) is 0 Å². The van der Waals surface area contributed by atoms with E-state index in [-0.39, 0.29) is 0 Å². The number of methoxy groups -OCH3 is 1. The first-order valence-corrected chi connectivity index (χ1v) is 47.9. The molecule has 7 fully saturated rings. The monoisotopic (exact) mass is 2080 g/mol. The standard InChI is InChI=1S/C43H72N4O68S11/c1-95-21-6(2-96-120(74,75)76)101-38(11(15(21)49)45-117(65,66)67)107-25-18(52)29(114-125(89,90)91)42(111-31(25)34(55)56)105-23-8(4-98-122(80,81)82)103-40(13(17(23)51)47-119(71,72)73)109-27-20(54)30(115-126(92,93)94)43(112-33(27)36(59)60)106-24-9(5-99-123(83,84)85)102-39(12(16(24)50)46-118(68,69)70)108-26-19(53)28(113-124(86,87)88)41(110-32(26)35(57)58)104-22-7(3-97-121(77,78)79)100-37(61)10(14(22)48)44-116(62,63)64/h6-33,37-54,61H,2-5H2,1H3,(H,55,56)(H,57,58)(H,59,60)(H,62,63,64)(H,65,66,67)(H,68,69,70)(H,71,72,73)(H,74,75,76)(H,77,78,79)(H,80,81,82)(H,83,84,85)(H,86,87,88)(H,89,90,91)(H,92,93,94)/t6-,7-,8-,9-,10-,11-,12-,13-,14-,15-,16-,17-,18+,19+,20+,21-,22-,23-,24-,25+,26-,27+,28+,29-,30-,31-,32-,33-,37+,38-,39+,40-,41+,42-,43-/m1/s1. The minimum atomic E-state index is -6.46. The van der Waals surface area contributed by atoms with Gasteiger partial charge in [0.15, 0.2) is 80.7 Å². The number of aliphatic hydroxyl groups excluding tert-OH is 8. The van der Waals surface area contributed by atoms with Gasteiger partial charge in [0, 0.05) is 7.11 Å². The van der Waals surface area contributed by atoms with Crippen molar-refractivity contribution < 1.29 is 309 Å². The lowest BCUT2D eigenvalue weighted by Gasteiger charge is -2.50. The zero-order chi connectivity index (χ0) is 95.9. The molecule has 0 aliphatic carbocycles. The summed E-state index contributed by atoms with van der Waals surface area (Å²) < 4.78 is 485. The topological polar surface area (TPSA) is 1110 Å². The average Bonchev–Trinajstić information content (AvgIpc) is 0.755. The highest BCUT2D eigenvalue weighted by Crippen LogP contribution is 2.41. The third kappa shape index (κ3) is 31.4. The number of nitrogens with one attached hydrogen (secondary N) is 4. The van der Waals surface area contributed by atoms with Crippen molar-refractivity contribution in [1.29, 1.82) is 0 Å². The van der Waals surface area contributed by atoms with E-state index in [1.165, 1.54) is 9.44 Å². The summed E-state index contributed by atoms with van der Waals surface area (Å²) in [5, 5.41) is 124. The molecule has 0 spiro atoms. The van der Waals surface area contributed by atoms with Crippen LogP contribution in [-0.2, 0) is 224 Å². The minimum absolute atomic E-state index is 0.720. The van der Waals surface area contributed by atoms with Crippen molar-refractivity contribution in [3.63, 3.8) is 0 Å². The molecule has 0 saturated carbocycles. The van der Waals surface area contributed by atoms with Crippen LogP contribution in [0.2, 0.25) is 0 Å². The molecule has 738 valence electrons. The molecule has 7 saturated heterocycles. The van der Waals surface area contributed by atoms with Gasteiger partial charge in [0.05, 0.1) is 26.4 Å². The summed E-state index contributed by atoms with van der Waals surface area (Å²) in [5.74, 6) is -7.79. The van der Waals surface area contributed by atoms with E-state index in [2.05, 4.69) is 29.3 Å². The molecule has 0 radical (unpaired) electrons. The van der Waals surface area contributed by atoms with Crippen molar-refractivity contribution in [3.05, 3.63) is 0 Å². The maximum atomic E-state index is 13.4. The zero-order valence-electron chi connectivity index (χ0n) is 60.6. The van der Waals surface area contributed by atoms with Crippen molar-refractivity contribution in [2.75, 3.05) is 33.5 Å². The molecule has 7 aliphatic rings. The Morgan fingerprint density at radius 2 is 0.468 bits per heavy atom. The number of aliphatic hydroxyl groups is 8. The number of rotatable bonds is 42. The van der Waals surface area contributed by atoms with Crippen LogP contribution >= 0.6 is 0 Å². The zero-order valence-corrected chi connectivity index (χ0v) is 69.6. The molecule has 0 amide bonds. The molecule has 26 N–H and O–H groups in total. The smallest absolute Gasteiger partial charge is 0.397 e. The second-order valence-electron chi connectivity index (χ2n) is 26.0. The lowest BCUT2D eigenvalue weighted by atomic mass is 9.94. The van der Waals surface area contributed by atoms with Gasteiger partial charge in [-0.25, -0.2) is 43.7 Å². The van der Waals surface area contributed by atoms with Gasteiger partial charge in [0.2, 0.25) is 0 Å². The van der Waals surface area contributed by atoms with Gasteiger partial charge >= 0.3 is 132 Å². The summed E-state index contributed by atoms with van der Waals surface area (Å²) >= 11 is 0. The van der Waals surface area contributed by atoms with Gasteiger partial charge in [0.1, 0.15) is 134 Å². The SMILES string of the molecule is CO[C@H]1[C@H](O)[C@@H](NS(=O)(=O)O)[C@@H](O[C@H]2[C@H](O)[C@@H](OS(=O)(=O)O)[C@H](O[C@H]3[C@H](O)[C@@H](NS(=O)(=O)O)[C@@H](O[C@H]4[C@H](O)[C@@H](OS(=O)(=O)O)[C@H](O[C@H]5[C@H](O)[C@@H](NS(=O)(=O)O)[C@H](O[C@@H]6[C@H](O)[C@H](OS(=O)(=O)O)[C@@H](O[C@H]7[C@H](O)[C@@H](NS(=O)(=O)O)[C@@H](O)O[C@@H]7COS(=O)(=O)O)O[C@H]6C(=O)O)O[C@@H]5COS(=O)(=O)O)O[C@H]4C(=O)O)O[C@@H]3COS(=O)(=O)O)O[C@H]2C(=O)O)O[C@@H]1COS(=O)(=O)O. The highest BCUT2D eigenvalue weighted by Gasteiger charge is 2.64. The Bertz CT molecular complexity index is 5150. The van der Waals surface area contributed by atoms with Crippen LogP contribution in [0.5, 0.6) is 0 Å². The third-order valence-corrected chi connectivity index (χ3v) is 22.8. The maximum absolute atomic E-state index is 13.4. The van der Waals surface area contributed by atoms with Crippen LogP contribution in [0.3, 0.4) is 0 Å². The maximum Gasteiger partial charge on any atom is 0.397 e. The first-order chi connectivity index (χ1) is 57.0. The van der Waals surface area contributed by atoms with E-state index in [9.17, 15) is 213 Å². The van der Waals surface area contributed by atoms with E-state index in [1.807, 2.05) is 0 Å². The number of ether oxygens (including phenoxy) is 14. The number of carboxylic acid groups (broad SMARTS) is 3. The van der Waals surface area contributed by atoms with Crippen LogP contribution in [0.1, 0.15) is 0 Å². The van der Waals surface area contributed by atoms with Gasteiger partial charge in [-0.2, -0.15) is 111 Å². The molecular weight excluding hydrogens is 2010 g/mol. The summed E-state index contributed by atoms with van der Waals surface area (Å²) in [4.78, 5) is 39.5. The first kappa shape index (κ1) is 109. The predicted molar refractivity (Wildman–Crippen MR) is 361 cm³/mol. The van der Waals surface area contributed by atoms with Gasteiger partial charge < -0.3 is 122 Å². The lowest BCUT2D eigenvalue weighted by Crippen LogP contribution is -2.71. The quantitative estimate of drug-likeness (QED) is 0.0252. The summed E-state index contributed by atoms with van der Waals surface area (Å²) in [6.45, 7) is -7.34. The Kier molecular flexibility index (Phi) is 36.0. The van der Waals surface area contributed by atoms with Crippen LogP contribution in [0, 0.1) is 0 Å². The van der Waals surface area contributed by atoms with Gasteiger partial charge in [-0.1, -0.05) is 0 Å². The summed E-state index contributed by atoms with van der Waals surface area (Å²) in [7, 11) is -65.1. The van der Waals surface area contributed by atoms with Gasteiger partial charge in [-0.05, 0) is 0 Å². The van der Waals surface area contributed by atoms with Crippen LogP contribution in [0.15, 0.2) is 0 Å². The second-order valence-corrected chi connectivity index (χ2v) is 38.3. The fourth-order valence-corrected chi connectivity index (χ4v) is 17.8. The van der Waals surface area contributed by atoms with E-state index in [1.54, 1.807) is 0 Å². The highest BCUT2D eigenvalue weighted by molar-refractivity contribution is 7.85. The molecule has 0 aromatic rings. The summed E-state index contributed by atoms with van der Waals surface area (Å²) in [5.41, 5.74) is 0. The molecule has 0 aromatic heterocycles. The largest absolute Gasteiger partial charge is 0.479 e. The second kappa shape index (κ2) is 41.5. The van der Waals surface area contributed by atoms with E-state index in [0.29, 0.717) is 0 Å². The van der Waals surface area contributed by atoms with Crippen molar-refractivity contribution in [1.82, 2.24) is 18.9 Å². The number of carboxylic acids is 3. The van der Waals surface area contributed by atoms with Crippen LogP contribution in [0.4, 0.5) is 0 Å². The van der Waals surface area contributed by atoms with E-state index in [0.717, 1.165) is 16.6 Å². The molecule has 0 unspecified atom stereocenters. The third-order valence-electron chi connectivity index (χ3n) is 17.4. The summed E-state index contributed by atoms with van der Waals surface area (Å²) in [6.07, 6.45) is -96.2. The van der Waals surface area contributed by atoms with E-state index >= 15 is 0 Å². The molecule has 83 heteroatoms. The van der Waals surface area contributed by atoms with Crippen molar-refractivity contribution >= 4 is 132 Å². The molecule has 0 bridgehead atoms. The van der Waals surface area contributed by atoms with Crippen LogP contribution in [-0.4, -0.2) is 465 Å². The number of carbonyl (C=O) groups is 3.